The fourth-order valence-electron chi connectivity index (χ4n) is 4.35. The number of phenolic OH excluding ortho intramolecular Hbond substituents is 1. The van der Waals surface area contributed by atoms with Crippen molar-refractivity contribution in [2.45, 2.75) is 0 Å². The number of aromatic hydroxyl groups is 1. The second-order valence-electron chi connectivity index (χ2n) is 8.30. The second-order valence-corrected chi connectivity index (χ2v) is 14.7. The Kier molecular flexibility index (Phi) is 8.99. The van der Waals surface area contributed by atoms with Crippen LogP contribution in [0.4, 0.5) is 0 Å². The molecule has 0 aliphatic heterocycles. The number of carbonyl (C=O) groups excluding carboxylic acids is 4. The average molecular weight is 713 g/mol. The highest BCUT2D eigenvalue weighted by molar-refractivity contribution is 9.69. The lowest BCUT2D eigenvalue weighted by Gasteiger charge is -2.18. The number of ketones is 4. The van der Waals surface area contributed by atoms with Crippen LogP contribution < -0.4 is 4.74 Å². The van der Waals surface area contributed by atoms with Crippen molar-refractivity contribution in [2.75, 3.05) is 7.11 Å². The van der Waals surface area contributed by atoms with E-state index < -0.39 is 23.1 Å². The molecular formula is C29H18BBr3O6. The molecule has 0 aromatic heterocycles. The predicted molar refractivity (Wildman–Crippen MR) is 162 cm³/mol. The summed E-state index contributed by atoms with van der Waals surface area (Å²) in [5.74, 6) is -1.14. The van der Waals surface area contributed by atoms with E-state index >= 15 is 0 Å². The highest BCUT2D eigenvalue weighted by atomic mass is 79.9. The maximum Gasteiger partial charge on any atom is 0.369 e. The molecule has 0 unspecified atom stereocenters. The lowest BCUT2D eigenvalue weighted by atomic mass is 9.84. The smallest absolute Gasteiger partial charge is 0.369 e. The molecule has 0 bridgehead atoms. The van der Waals surface area contributed by atoms with Crippen molar-refractivity contribution in [3.63, 3.8) is 0 Å². The third-order valence-electron chi connectivity index (χ3n) is 6.06. The summed E-state index contributed by atoms with van der Waals surface area (Å²) in [6.45, 7) is 0. The van der Waals surface area contributed by atoms with Gasteiger partial charge in [0.15, 0.2) is 0 Å². The molecule has 0 heterocycles. The zero-order chi connectivity index (χ0) is 28.3. The van der Waals surface area contributed by atoms with Crippen molar-refractivity contribution >= 4 is 73.6 Å². The molecule has 2 aliphatic carbocycles. The standard InChI is InChI=1S/C15H10O3.C14H8O3.BBr3/c1-18-9-6-7-12-13(8-9)10-4-2-3-5-11(10)14(16)15(12)17;15-8-5-6-11-12(7-8)9-3-1-2-4-10(9)13(16)14(11)17;2-1(3)4/h2-8H,1H3;1-7,15H;. The van der Waals surface area contributed by atoms with Crippen molar-refractivity contribution in [2.24, 2.45) is 0 Å². The number of phenols is 1. The summed E-state index contributed by atoms with van der Waals surface area (Å²) in [6, 6.07) is 23.6. The van der Waals surface area contributed by atoms with Crippen LogP contribution in [-0.4, -0.2) is 38.5 Å². The van der Waals surface area contributed by atoms with Crippen LogP contribution in [0.1, 0.15) is 41.4 Å². The average Bonchev–Trinajstić information content (AvgIpc) is 2.94. The molecule has 0 amide bonds. The molecule has 0 radical (unpaired) electrons. The van der Waals surface area contributed by atoms with Gasteiger partial charge in [-0.3, -0.25) is 19.2 Å². The van der Waals surface area contributed by atoms with Gasteiger partial charge in [0.1, 0.15) is 11.5 Å². The van der Waals surface area contributed by atoms with E-state index in [1.165, 1.54) is 18.2 Å². The number of hydrogen-bond donors (Lipinski definition) is 1. The monoisotopic (exact) mass is 710 g/mol. The molecule has 0 saturated heterocycles. The van der Waals surface area contributed by atoms with Crippen molar-refractivity contribution in [1.82, 2.24) is 0 Å². The summed E-state index contributed by atoms with van der Waals surface area (Å²) in [6.07, 6.45) is 0. The largest absolute Gasteiger partial charge is 0.508 e. The van der Waals surface area contributed by atoms with Gasteiger partial charge in [-0.25, -0.2) is 0 Å². The van der Waals surface area contributed by atoms with Crippen LogP contribution >= 0.6 is 47.3 Å². The number of hydrogen-bond acceptors (Lipinski definition) is 6. The minimum Gasteiger partial charge on any atom is -0.508 e. The van der Waals surface area contributed by atoms with Gasteiger partial charge in [0.05, 0.1) is 7.11 Å². The minimum absolute atomic E-state index is 0.0840. The number of rotatable bonds is 1. The van der Waals surface area contributed by atoms with E-state index in [1.54, 1.807) is 61.7 Å². The third-order valence-corrected chi connectivity index (χ3v) is 6.06. The van der Waals surface area contributed by atoms with Gasteiger partial charge in [0.25, 0.3) is 0 Å². The van der Waals surface area contributed by atoms with E-state index in [9.17, 15) is 24.3 Å². The second kappa shape index (κ2) is 12.2. The van der Waals surface area contributed by atoms with Gasteiger partial charge in [0.2, 0.25) is 23.1 Å². The molecule has 39 heavy (non-hydrogen) atoms. The molecule has 0 spiro atoms. The predicted octanol–water partition coefficient (Wildman–Crippen LogP) is 7.34. The zero-order valence-electron chi connectivity index (χ0n) is 20.3. The summed E-state index contributed by atoms with van der Waals surface area (Å²) < 4.78 is 5.43. The highest BCUT2D eigenvalue weighted by Crippen LogP contribution is 2.36. The number of benzene rings is 4. The van der Waals surface area contributed by atoms with Crippen LogP contribution in [0.5, 0.6) is 11.5 Å². The Bertz CT molecular complexity index is 1630. The maximum absolute atomic E-state index is 12.0. The number of fused-ring (bicyclic) bond motifs is 6. The summed E-state index contributed by atoms with van der Waals surface area (Å²) in [7, 11) is 1.57. The minimum atomic E-state index is -0.515. The van der Waals surface area contributed by atoms with Crippen molar-refractivity contribution in [3.05, 3.63) is 107 Å². The Morgan fingerprint density at radius 2 is 0.897 bits per heavy atom. The van der Waals surface area contributed by atoms with Gasteiger partial charge in [-0.15, -0.1) is 47.3 Å². The molecule has 6 nitrogen and oxygen atoms in total. The van der Waals surface area contributed by atoms with Crippen LogP contribution in [0.2, 0.25) is 0 Å². The molecule has 1 N–H and O–H groups in total. The first-order valence-electron chi connectivity index (χ1n) is 11.4. The Morgan fingerprint density at radius 1 is 0.538 bits per heavy atom. The first kappa shape index (κ1) is 28.7. The molecule has 6 rings (SSSR count). The van der Waals surface area contributed by atoms with Gasteiger partial charge in [0, 0.05) is 22.3 Å². The van der Waals surface area contributed by atoms with Crippen LogP contribution in [0.15, 0.2) is 84.9 Å². The fraction of sp³-hybridized carbons (Fsp3) is 0.0345. The Hall–Kier alpha value is -3.34. The quantitative estimate of drug-likeness (QED) is 0.164. The Morgan fingerprint density at radius 3 is 1.33 bits per heavy atom. The van der Waals surface area contributed by atoms with Crippen molar-refractivity contribution in [3.8, 4) is 33.8 Å². The summed E-state index contributed by atoms with van der Waals surface area (Å²) in [4.78, 5) is 47.7. The lowest BCUT2D eigenvalue weighted by molar-refractivity contribution is 0.0815. The first-order valence-corrected chi connectivity index (χ1v) is 14.2. The van der Waals surface area contributed by atoms with Crippen LogP contribution in [0.3, 0.4) is 0 Å². The van der Waals surface area contributed by atoms with Crippen LogP contribution in [0.25, 0.3) is 22.3 Å². The molecule has 4 aromatic carbocycles. The summed E-state index contributed by atoms with van der Waals surface area (Å²) in [5.41, 5.74) is 4.52. The lowest BCUT2D eigenvalue weighted by Crippen LogP contribution is -2.21. The van der Waals surface area contributed by atoms with E-state index in [4.69, 9.17) is 4.74 Å². The summed E-state index contributed by atoms with van der Waals surface area (Å²) >= 11 is 9.31. The van der Waals surface area contributed by atoms with Crippen LogP contribution in [0, 0.1) is 0 Å². The zero-order valence-corrected chi connectivity index (χ0v) is 25.0. The Labute approximate surface area is 249 Å². The molecule has 2 aliphatic rings. The van der Waals surface area contributed by atoms with Gasteiger partial charge < -0.3 is 9.84 Å². The van der Waals surface area contributed by atoms with E-state index in [0.717, 1.165) is 11.1 Å². The van der Waals surface area contributed by atoms with E-state index in [-0.39, 0.29) is 8.93 Å². The van der Waals surface area contributed by atoms with Gasteiger partial charge >= 0.3 is 3.18 Å². The fourth-order valence-corrected chi connectivity index (χ4v) is 4.35. The Balaban J connectivity index is 0.000000160. The number of halogens is 3. The SMILES string of the molecule is BrB(Br)Br.COc1ccc2c(c1)-c1ccccc1C(=O)C2=O.O=C1C(=O)c2ccc(O)cc2-c2ccccc21. The van der Waals surface area contributed by atoms with Gasteiger partial charge in [-0.1, -0.05) is 48.5 Å². The van der Waals surface area contributed by atoms with E-state index in [1.807, 2.05) is 12.1 Å². The van der Waals surface area contributed by atoms with Crippen molar-refractivity contribution in [1.29, 1.82) is 0 Å². The van der Waals surface area contributed by atoms with E-state index in [2.05, 4.69) is 47.3 Å². The molecule has 194 valence electrons. The number of ether oxygens (including phenoxy) is 1. The molecule has 0 atom stereocenters. The van der Waals surface area contributed by atoms with E-state index in [0.29, 0.717) is 39.1 Å². The third kappa shape index (κ3) is 5.98. The molecule has 0 fully saturated rings. The molecule has 4 aromatic rings. The topological polar surface area (TPSA) is 97.7 Å². The molecule has 0 saturated carbocycles. The number of Topliss-reactive ketones (excluding diaryl/α,β-unsaturated/α-hetero) is 4. The van der Waals surface area contributed by atoms with Gasteiger partial charge in [-0.2, -0.15) is 0 Å². The maximum atomic E-state index is 12.0. The molecule has 10 heteroatoms. The van der Waals surface area contributed by atoms with Crippen LogP contribution in [-0.2, 0) is 0 Å². The summed E-state index contributed by atoms with van der Waals surface area (Å²) in [5, 5.41) is 9.47. The highest BCUT2D eigenvalue weighted by Gasteiger charge is 2.31. The van der Waals surface area contributed by atoms with Gasteiger partial charge in [-0.05, 0) is 58.7 Å². The number of methoxy groups -OCH3 is 1. The van der Waals surface area contributed by atoms with Crippen molar-refractivity contribution < 1.29 is 29.0 Å². The molecular weight excluding hydrogens is 695 g/mol. The number of carbonyl (C=O) groups is 4. The normalized spacial score (nSPS) is 12.4. The first-order chi connectivity index (χ1) is 18.6.